The Morgan fingerprint density at radius 1 is 1.09 bits per heavy atom. The average Bonchev–Trinajstić information content (AvgIpc) is 2.87. The molecule has 0 unspecified atom stereocenters. The lowest BCUT2D eigenvalue weighted by atomic mass is 10.1. The second-order valence-corrected chi connectivity index (χ2v) is 8.23. The van der Waals surface area contributed by atoms with Gasteiger partial charge in [0.05, 0.1) is 30.1 Å². The Bertz CT molecular complexity index is 1280. The van der Waals surface area contributed by atoms with Gasteiger partial charge < -0.3 is 20.1 Å². The molecular weight excluding hydrogens is 470 g/mol. The van der Waals surface area contributed by atoms with Crippen LogP contribution in [0.2, 0.25) is 5.02 Å². The van der Waals surface area contributed by atoms with Gasteiger partial charge in [-0.2, -0.15) is 0 Å². The molecule has 0 aromatic heterocycles. The Morgan fingerprint density at radius 3 is 2.54 bits per heavy atom. The van der Waals surface area contributed by atoms with Gasteiger partial charge in [0.25, 0.3) is 11.8 Å². The van der Waals surface area contributed by atoms with Crippen molar-refractivity contribution in [2.24, 2.45) is 0 Å². The van der Waals surface area contributed by atoms with Crippen LogP contribution in [0.3, 0.4) is 0 Å². The van der Waals surface area contributed by atoms with Gasteiger partial charge in [0, 0.05) is 16.8 Å². The lowest BCUT2D eigenvalue weighted by Crippen LogP contribution is -2.42. The van der Waals surface area contributed by atoms with E-state index < -0.39 is 5.91 Å². The van der Waals surface area contributed by atoms with E-state index in [2.05, 4.69) is 10.6 Å². The van der Waals surface area contributed by atoms with E-state index in [0.29, 0.717) is 46.3 Å². The molecule has 3 amide bonds. The molecule has 8 nitrogen and oxygen atoms in total. The number of carbonyl (C=O) groups is 3. The van der Waals surface area contributed by atoms with E-state index >= 15 is 0 Å². The van der Waals surface area contributed by atoms with Crippen LogP contribution in [0.15, 0.2) is 60.7 Å². The molecule has 1 aliphatic rings. The van der Waals surface area contributed by atoms with Gasteiger partial charge >= 0.3 is 0 Å². The minimum Gasteiger partial charge on any atom is -0.493 e. The Labute approximate surface area is 207 Å². The maximum atomic E-state index is 13.1. The van der Waals surface area contributed by atoms with Crippen LogP contribution in [-0.4, -0.2) is 38.0 Å². The third-order valence-corrected chi connectivity index (χ3v) is 5.63. The van der Waals surface area contributed by atoms with Gasteiger partial charge in [-0.05, 0) is 55.0 Å². The van der Waals surface area contributed by atoms with Crippen molar-refractivity contribution in [3.8, 4) is 11.5 Å². The van der Waals surface area contributed by atoms with Crippen molar-refractivity contribution in [2.45, 2.75) is 13.3 Å². The van der Waals surface area contributed by atoms with Crippen molar-refractivity contribution in [1.82, 2.24) is 0 Å². The number of benzene rings is 3. The van der Waals surface area contributed by atoms with Gasteiger partial charge in [-0.1, -0.05) is 30.7 Å². The molecule has 0 saturated heterocycles. The van der Waals surface area contributed by atoms with Gasteiger partial charge in [0.1, 0.15) is 6.54 Å². The molecular formula is C26H24ClN3O5. The third kappa shape index (κ3) is 5.22. The molecule has 0 spiro atoms. The normalized spacial score (nSPS) is 12.4. The van der Waals surface area contributed by atoms with Gasteiger partial charge in [0.2, 0.25) is 5.91 Å². The van der Waals surface area contributed by atoms with Crippen LogP contribution >= 0.6 is 11.6 Å². The molecule has 1 aliphatic heterocycles. The van der Waals surface area contributed by atoms with E-state index in [-0.39, 0.29) is 23.4 Å². The lowest BCUT2D eigenvalue weighted by molar-refractivity contribution is -0.115. The summed E-state index contributed by atoms with van der Waals surface area (Å²) in [5.74, 6) is -0.218. The first kappa shape index (κ1) is 24.1. The van der Waals surface area contributed by atoms with Gasteiger partial charge in [0.15, 0.2) is 11.5 Å². The molecule has 0 bridgehead atoms. The molecule has 0 fully saturated rings. The van der Waals surface area contributed by atoms with E-state index in [1.807, 2.05) is 6.92 Å². The number of amides is 3. The summed E-state index contributed by atoms with van der Waals surface area (Å²) in [4.78, 5) is 39.4. The maximum absolute atomic E-state index is 13.1. The second kappa shape index (κ2) is 10.5. The molecule has 2 N–H and O–H groups in total. The van der Waals surface area contributed by atoms with Crippen molar-refractivity contribution in [1.29, 1.82) is 0 Å². The number of ether oxygens (including phenoxy) is 2. The summed E-state index contributed by atoms with van der Waals surface area (Å²) in [5.41, 5.74) is 2.39. The lowest BCUT2D eigenvalue weighted by Gasteiger charge is -2.29. The Kier molecular flexibility index (Phi) is 7.22. The predicted molar refractivity (Wildman–Crippen MR) is 135 cm³/mol. The number of halogens is 1. The Morgan fingerprint density at radius 2 is 1.83 bits per heavy atom. The molecule has 3 aromatic rings. The highest BCUT2D eigenvalue weighted by atomic mass is 35.5. The van der Waals surface area contributed by atoms with Crippen LogP contribution in [0.4, 0.5) is 17.1 Å². The maximum Gasteiger partial charge on any atom is 0.258 e. The van der Waals surface area contributed by atoms with E-state index in [1.54, 1.807) is 54.6 Å². The fourth-order valence-corrected chi connectivity index (χ4v) is 3.93. The highest BCUT2D eigenvalue weighted by Crippen LogP contribution is 2.37. The van der Waals surface area contributed by atoms with Crippen LogP contribution < -0.4 is 25.0 Å². The molecule has 9 heteroatoms. The summed E-state index contributed by atoms with van der Waals surface area (Å²) in [7, 11) is 1.48. The predicted octanol–water partition coefficient (Wildman–Crippen LogP) is 4.99. The number of carbonyl (C=O) groups excluding carboxylic acids is 3. The van der Waals surface area contributed by atoms with Crippen LogP contribution in [0.5, 0.6) is 11.5 Å². The van der Waals surface area contributed by atoms with E-state index in [4.69, 9.17) is 21.1 Å². The smallest absolute Gasteiger partial charge is 0.258 e. The summed E-state index contributed by atoms with van der Waals surface area (Å²) < 4.78 is 11.0. The highest BCUT2D eigenvalue weighted by Gasteiger charge is 2.27. The first-order valence-corrected chi connectivity index (χ1v) is 11.4. The Balaban J connectivity index is 1.49. The zero-order valence-electron chi connectivity index (χ0n) is 19.3. The van der Waals surface area contributed by atoms with E-state index in [9.17, 15) is 14.4 Å². The summed E-state index contributed by atoms with van der Waals surface area (Å²) in [6, 6.07) is 16.6. The van der Waals surface area contributed by atoms with Gasteiger partial charge in [-0.3, -0.25) is 19.3 Å². The summed E-state index contributed by atoms with van der Waals surface area (Å²) >= 11 is 6.32. The standard InChI is InChI=1S/C26H24ClN3O5/c1-3-12-35-24-19(27)13-17(14-22(24)34-2)25(32)28-18-10-8-16(9-11-18)26(33)30-15-23(31)29-20-6-4-5-7-21(20)30/h4-11,13-14H,3,12,15H2,1-2H3,(H,28,32)(H,29,31). The number of hydrogen-bond acceptors (Lipinski definition) is 5. The number of rotatable bonds is 7. The van der Waals surface area contributed by atoms with Crippen LogP contribution in [0, 0.1) is 0 Å². The topological polar surface area (TPSA) is 97.0 Å². The molecule has 4 rings (SSSR count). The van der Waals surface area contributed by atoms with Crippen molar-refractivity contribution < 1.29 is 23.9 Å². The largest absolute Gasteiger partial charge is 0.493 e. The average molecular weight is 494 g/mol. The van der Waals surface area contributed by atoms with E-state index in [1.165, 1.54) is 18.1 Å². The fraction of sp³-hybridized carbons (Fsp3) is 0.192. The Hall–Kier alpha value is -4.04. The van der Waals surface area contributed by atoms with Crippen molar-refractivity contribution in [2.75, 3.05) is 35.8 Å². The second-order valence-electron chi connectivity index (χ2n) is 7.83. The number of nitrogens with one attached hydrogen (secondary N) is 2. The minimum absolute atomic E-state index is 0.0745. The fourth-order valence-electron chi connectivity index (χ4n) is 3.66. The SMILES string of the molecule is CCCOc1c(Cl)cc(C(=O)Nc2ccc(C(=O)N3CC(=O)Nc4ccccc43)cc2)cc1OC. The zero-order valence-corrected chi connectivity index (χ0v) is 20.0. The first-order chi connectivity index (χ1) is 16.9. The number of methoxy groups -OCH3 is 1. The van der Waals surface area contributed by atoms with E-state index in [0.717, 1.165) is 6.42 Å². The first-order valence-electron chi connectivity index (χ1n) is 11.0. The molecule has 0 radical (unpaired) electrons. The monoisotopic (exact) mass is 493 g/mol. The van der Waals surface area contributed by atoms with Crippen LogP contribution in [0.25, 0.3) is 0 Å². The number of nitrogens with zero attached hydrogens (tertiary/aromatic N) is 1. The molecule has 0 atom stereocenters. The summed E-state index contributed by atoms with van der Waals surface area (Å²) in [6.07, 6.45) is 0.803. The number of para-hydroxylation sites is 2. The minimum atomic E-state index is -0.395. The van der Waals surface area contributed by atoms with Crippen molar-refractivity contribution >= 4 is 46.4 Å². The highest BCUT2D eigenvalue weighted by molar-refractivity contribution is 6.32. The summed E-state index contributed by atoms with van der Waals surface area (Å²) in [6.45, 7) is 2.37. The number of fused-ring (bicyclic) bond motifs is 1. The number of anilines is 3. The van der Waals surface area contributed by atoms with Gasteiger partial charge in [-0.25, -0.2) is 0 Å². The quantitative estimate of drug-likeness (QED) is 0.483. The summed E-state index contributed by atoms with van der Waals surface area (Å²) in [5, 5.41) is 5.82. The molecule has 35 heavy (non-hydrogen) atoms. The molecule has 0 aliphatic carbocycles. The third-order valence-electron chi connectivity index (χ3n) is 5.35. The van der Waals surface area contributed by atoms with Crippen molar-refractivity contribution in [3.05, 3.63) is 76.8 Å². The number of hydrogen-bond donors (Lipinski definition) is 2. The van der Waals surface area contributed by atoms with Gasteiger partial charge in [-0.15, -0.1) is 0 Å². The zero-order chi connectivity index (χ0) is 24.9. The van der Waals surface area contributed by atoms with Crippen LogP contribution in [-0.2, 0) is 4.79 Å². The molecule has 3 aromatic carbocycles. The van der Waals surface area contributed by atoms with Crippen molar-refractivity contribution in [3.63, 3.8) is 0 Å². The molecule has 0 saturated carbocycles. The molecule has 1 heterocycles. The van der Waals surface area contributed by atoms with Crippen LogP contribution in [0.1, 0.15) is 34.1 Å². The molecule has 180 valence electrons.